The van der Waals surface area contributed by atoms with Crippen molar-refractivity contribution in [3.63, 3.8) is 0 Å². The fraction of sp³-hybridized carbons (Fsp3) is 0.333. The molecule has 0 aliphatic heterocycles. The third-order valence-corrected chi connectivity index (χ3v) is 3.63. The van der Waals surface area contributed by atoms with Crippen molar-refractivity contribution in [3.05, 3.63) is 58.3 Å². The quantitative estimate of drug-likeness (QED) is 0.879. The molecule has 2 rings (SSSR count). The van der Waals surface area contributed by atoms with Crippen molar-refractivity contribution in [3.8, 4) is 0 Å². The smallest absolute Gasteiger partial charge is 0.0295 e. The molecule has 1 heterocycles. The van der Waals surface area contributed by atoms with E-state index in [1.165, 1.54) is 11.1 Å². The van der Waals surface area contributed by atoms with Gasteiger partial charge in [-0.3, -0.25) is 0 Å². The van der Waals surface area contributed by atoms with E-state index in [0.29, 0.717) is 6.04 Å². The Balaban J connectivity index is 1.93. The number of halogens is 1. The lowest BCUT2D eigenvalue weighted by Crippen LogP contribution is -2.17. The average molecular weight is 307 g/mol. The van der Waals surface area contributed by atoms with Crippen LogP contribution in [0.3, 0.4) is 0 Å². The maximum atomic E-state index is 3.55. The van der Waals surface area contributed by atoms with E-state index < -0.39 is 0 Å². The Hall–Kier alpha value is -1.06. The highest BCUT2D eigenvalue weighted by Gasteiger charge is 2.05. The molecule has 0 bridgehead atoms. The van der Waals surface area contributed by atoms with Gasteiger partial charge in [0.1, 0.15) is 0 Å². The third-order valence-electron chi connectivity index (χ3n) is 3.14. The van der Waals surface area contributed by atoms with Gasteiger partial charge in [-0.2, -0.15) is 0 Å². The first-order chi connectivity index (χ1) is 8.69. The Morgan fingerprint density at radius 2 is 2.17 bits per heavy atom. The highest BCUT2D eigenvalue weighted by Crippen LogP contribution is 2.18. The molecule has 0 aliphatic carbocycles. The number of hydrogen-bond donors (Lipinski definition) is 1. The molecule has 0 spiro atoms. The van der Waals surface area contributed by atoms with E-state index in [9.17, 15) is 0 Å². The second kappa shape index (κ2) is 6.21. The minimum absolute atomic E-state index is 0.354. The first kappa shape index (κ1) is 13.4. The molecular weight excluding hydrogens is 288 g/mol. The van der Waals surface area contributed by atoms with Gasteiger partial charge in [0, 0.05) is 36.0 Å². The Bertz CT molecular complexity index is 505. The van der Waals surface area contributed by atoms with Crippen molar-refractivity contribution in [2.45, 2.75) is 33.0 Å². The molecule has 1 aromatic heterocycles. The maximum absolute atomic E-state index is 3.55. The first-order valence-corrected chi connectivity index (χ1v) is 7.12. The summed E-state index contributed by atoms with van der Waals surface area (Å²) in [5, 5.41) is 3.55. The maximum Gasteiger partial charge on any atom is 0.0295 e. The van der Waals surface area contributed by atoms with Crippen molar-refractivity contribution in [2.24, 2.45) is 0 Å². The Morgan fingerprint density at radius 3 is 2.83 bits per heavy atom. The van der Waals surface area contributed by atoms with Gasteiger partial charge in [0.15, 0.2) is 0 Å². The van der Waals surface area contributed by atoms with Crippen LogP contribution in [0.25, 0.3) is 0 Å². The molecule has 0 fully saturated rings. The molecule has 0 aliphatic rings. The standard InChI is InChI=1S/C15H19BrN2/c1-3-18-8-7-13(11-18)10-17-12(2)14-5-4-6-15(16)9-14/h4-9,11-12,17H,3,10H2,1-2H3/t12-/m1/s1. The second-order valence-electron chi connectivity index (χ2n) is 4.51. The van der Waals surface area contributed by atoms with Gasteiger partial charge in [-0.1, -0.05) is 28.1 Å². The van der Waals surface area contributed by atoms with E-state index in [1.807, 2.05) is 0 Å². The molecule has 0 saturated carbocycles. The fourth-order valence-electron chi connectivity index (χ4n) is 1.96. The van der Waals surface area contributed by atoms with Crippen LogP contribution in [0, 0.1) is 0 Å². The number of rotatable bonds is 5. The predicted octanol–water partition coefficient (Wildman–Crippen LogP) is 4.12. The molecule has 1 aromatic carbocycles. The van der Waals surface area contributed by atoms with Gasteiger partial charge in [0.05, 0.1) is 0 Å². The van der Waals surface area contributed by atoms with Crippen LogP contribution in [0.1, 0.15) is 31.0 Å². The molecule has 3 heteroatoms. The summed E-state index contributed by atoms with van der Waals surface area (Å²) in [5.41, 5.74) is 2.64. The normalized spacial score (nSPS) is 12.6. The number of benzene rings is 1. The average Bonchev–Trinajstić information content (AvgIpc) is 2.84. The second-order valence-corrected chi connectivity index (χ2v) is 5.42. The van der Waals surface area contributed by atoms with Gasteiger partial charge in [0.25, 0.3) is 0 Å². The number of nitrogens with zero attached hydrogens (tertiary/aromatic N) is 1. The van der Waals surface area contributed by atoms with E-state index in [0.717, 1.165) is 17.6 Å². The van der Waals surface area contributed by atoms with Gasteiger partial charge in [0.2, 0.25) is 0 Å². The lowest BCUT2D eigenvalue weighted by atomic mass is 10.1. The molecule has 2 nitrogen and oxygen atoms in total. The van der Waals surface area contributed by atoms with Crippen LogP contribution >= 0.6 is 15.9 Å². The van der Waals surface area contributed by atoms with Crippen LogP contribution in [-0.2, 0) is 13.1 Å². The summed E-state index contributed by atoms with van der Waals surface area (Å²) in [7, 11) is 0. The number of nitrogens with one attached hydrogen (secondary N) is 1. The summed E-state index contributed by atoms with van der Waals surface area (Å²) in [6, 6.07) is 11.0. The Labute approximate surface area is 117 Å². The Morgan fingerprint density at radius 1 is 1.33 bits per heavy atom. The van der Waals surface area contributed by atoms with Crippen LogP contribution in [0.5, 0.6) is 0 Å². The zero-order valence-corrected chi connectivity index (χ0v) is 12.4. The minimum atomic E-state index is 0.354. The van der Waals surface area contributed by atoms with Gasteiger partial charge >= 0.3 is 0 Å². The zero-order chi connectivity index (χ0) is 13.0. The molecule has 0 amide bonds. The topological polar surface area (TPSA) is 17.0 Å². The van der Waals surface area contributed by atoms with Gasteiger partial charge in [-0.05, 0) is 43.2 Å². The van der Waals surface area contributed by atoms with Crippen molar-refractivity contribution < 1.29 is 0 Å². The molecule has 1 atom stereocenters. The lowest BCUT2D eigenvalue weighted by molar-refractivity contribution is 0.573. The summed E-state index contributed by atoms with van der Waals surface area (Å²) in [4.78, 5) is 0. The molecule has 96 valence electrons. The van der Waals surface area contributed by atoms with E-state index in [2.05, 4.69) is 82.4 Å². The molecule has 18 heavy (non-hydrogen) atoms. The van der Waals surface area contributed by atoms with Crippen molar-refractivity contribution in [2.75, 3.05) is 0 Å². The fourth-order valence-corrected chi connectivity index (χ4v) is 2.37. The number of aryl methyl sites for hydroxylation is 1. The van der Waals surface area contributed by atoms with E-state index in [4.69, 9.17) is 0 Å². The number of hydrogen-bond acceptors (Lipinski definition) is 1. The summed E-state index contributed by atoms with van der Waals surface area (Å²) in [6.45, 7) is 6.28. The zero-order valence-electron chi connectivity index (χ0n) is 10.9. The molecule has 2 aromatic rings. The summed E-state index contributed by atoms with van der Waals surface area (Å²) in [5.74, 6) is 0. The largest absolute Gasteiger partial charge is 0.354 e. The van der Waals surface area contributed by atoms with Crippen LogP contribution in [0.4, 0.5) is 0 Å². The molecule has 0 unspecified atom stereocenters. The van der Waals surface area contributed by atoms with Crippen molar-refractivity contribution in [1.29, 1.82) is 0 Å². The van der Waals surface area contributed by atoms with Crippen LogP contribution < -0.4 is 5.32 Å². The van der Waals surface area contributed by atoms with Crippen molar-refractivity contribution >= 4 is 15.9 Å². The summed E-state index contributed by atoms with van der Waals surface area (Å²) < 4.78 is 3.33. The van der Waals surface area contributed by atoms with Crippen LogP contribution in [-0.4, -0.2) is 4.57 Å². The lowest BCUT2D eigenvalue weighted by Gasteiger charge is -2.14. The first-order valence-electron chi connectivity index (χ1n) is 6.32. The van der Waals surface area contributed by atoms with Gasteiger partial charge < -0.3 is 9.88 Å². The summed E-state index contributed by atoms with van der Waals surface area (Å²) >= 11 is 3.51. The molecular formula is C15H19BrN2. The van der Waals surface area contributed by atoms with Crippen molar-refractivity contribution in [1.82, 2.24) is 9.88 Å². The minimum Gasteiger partial charge on any atom is -0.354 e. The summed E-state index contributed by atoms with van der Waals surface area (Å²) in [6.07, 6.45) is 4.32. The van der Waals surface area contributed by atoms with Crippen LogP contribution in [0.2, 0.25) is 0 Å². The number of aromatic nitrogens is 1. The molecule has 0 radical (unpaired) electrons. The predicted molar refractivity (Wildman–Crippen MR) is 79.5 cm³/mol. The van der Waals surface area contributed by atoms with E-state index in [1.54, 1.807) is 0 Å². The monoisotopic (exact) mass is 306 g/mol. The van der Waals surface area contributed by atoms with Gasteiger partial charge in [-0.15, -0.1) is 0 Å². The highest BCUT2D eigenvalue weighted by atomic mass is 79.9. The van der Waals surface area contributed by atoms with E-state index >= 15 is 0 Å². The Kier molecular flexibility index (Phi) is 4.61. The SMILES string of the molecule is CCn1ccc(CN[C@H](C)c2cccc(Br)c2)c1. The van der Waals surface area contributed by atoms with Crippen LogP contribution in [0.15, 0.2) is 47.2 Å². The molecule has 0 saturated heterocycles. The third kappa shape index (κ3) is 3.47. The van der Waals surface area contributed by atoms with Gasteiger partial charge in [-0.25, -0.2) is 0 Å². The van der Waals surface area contributed by atoms with E-state index in [-0.39, 0.29) is 0 Å². The highest BCUT2D eigenvalue weighted by molar-refractivity contribution is 9.10. The molecule has 1 N–H and O–H groups in total.